The summed E-state index contributed by atoms with van der Waals surface area (Å²) in [4.78, 5) is 27.0. The summed E-state index contributed by atoms with van der Waals surface area (Å²) in [6.07, 6.45) is 0. The number of benzene rings is 2. The van der Waals surface area contributed by atoms with Gasteiger partial charge in [0.1, 0.15) is 17.6 Å². The van der Waals surface area contributed by atoms with E-state index in [-0.39, 0.29) is 30.8 Å². The molecular formula is C22H26BrFN2O3. The van der Waals surface area contributed by atoms with Crippen molar-refractivity contribution >= 4 is 27.7 Å². The van der Waals surface area contributed by atoms with Gasteiger partial charge in [-0.15, -0.1) is 0 Å². The van der Waals surface area contributed by atoms with Crippen LogP contribution in [-0.2, 0) is 16.1 Å². The number of nitrogens with zero attached hydrogens (tertiary/aromatic N) is 1. The predicted octanol–water partition coefficient (Wildman–Crippen LogP) is 4.30. The molecule has 2 aromatic rings. The van der Waals surface area contributed by atoms with Gasteiger partial charge in [0.2, 0.25) is 5.91 Å². The molecule has 7 heteroatoms. The first-order chi connectivity index (χ1) is 13.5. The Labute approximate surface area is 179 Å². The van der Waals surface area contributed by atoms with Crippen LogP contribution in [0.1, 0.15) is 33.3 Å². The van der Waals surface area contributed by atoms with Crippen LogP contribution in [0.3, 0.4) is 0 Å². The van der Waals surface area contributed by atoms with Crippen molar-refractivity contribution in [1.29, 1.82) is 0 Å². The number of hydrogen-bond donors (Lipinski definition) is 1. The number of hydrogen-bond acceptors (Lipinski definition) is 3. The lowest BCUT2D eigenvalue weighted by Crippen LogP contribution is -2.53. The van der Waals surface area contributed by atoms with Crippen molar-refractivity contribution in [3.05, 3.63) is 64.4 Å². The Morgan fingerprint density at radius 3 is 2.24 bits per heavy atom. The quantitative estimate of drug-likeness (QED) is 0.664. The van der Waals surface area contributed by atoms with Crippen LogP contribution in [-0.4, -0.2) is 34.9 Å². The van der Waals surface area contributed by atoms with E-state index in [1.54, 1.807) is 6.92 Å². The van der Waals surface area contributed by atoms with Crippen molar-refractivity contribution in [3.8, 4) is 5.75 Å². The van der Waals surface area contributed by atoms with Crippen molar-refractivity contribution in [3.63, 3.8) is 0 Å². The van der Waals surface area contributed by atoms with Gasteiger partial charge in [0, 0.05) is 16.6 Å². The molecule has 0 aliphatic heterocycles. The molecule has 29 heavy (non-hydrogen) atoms. The minimum absolute atomic E-state index is 0.246. The molecule has 1 atom stereocenters. The molecule has 1 unspecified atom stereocenters. The van der Waals surface area contributed by atoms with Crippen LogP contribution < -0.4 is 10.1 Å². The van der Waals surface area contributed by atoms with E-state index in [4.69, 9.17) is 4.74 Å². The van der Waals surface area contributed by atoms with Crippen LogP contribution in [0, 0.1) is 5.82 Å². The second kappa shape index (κ2) is 9.87. The van der Waals surface area contributed by atoms with Gasteiger partial charge in [0.05, 0.1) is 0 Å². The van der Waals surface area contributed by atoms with Gasteiger partial charge in [-0.3, -0.25) is 9.59 Å². The Balaban J connectivity index is 2.15. The number of halogens is 2. The molecule has 0 saturated heterocycles. The van der Waals surface area contributed by atoms with Crippen molar-refractivity contribution in [2.24, 2.45) is 0 Å². The number of amides is 2. The highest BCUT2D eigenvalue weighted by Gasteiger charge is 2.28. The molecule has 2 aromatic carbocycles. The topological polar surface area (TPSA) is 58.6 Å². The van der Waals surface area contributed by atoms with Gasteiger partial charge in [-0.1, -0.05) is 28.1 Å². The summed E-state index contributed by atoms with van der Waals surface area (Å²) in [5.74, 6) is -0.582. The van der Waals surface area contributed by atoms with E-state index in [1.807, 2.05) is 45.0 Å². The lowest BCUT2D eigenvalue weighted by Gasteiger charge is -2.31. The summed E-state index contributed by atoms with van der Waals surface area (Å²) in [5, 5.41) is 2.91. The maximum absolute atomic E-state index is 13.0. The van der Waals surface area contributed by atoms with E-state index in [2.05, 4.69) is 21.2 Å². The summed E-state index contributed by atoms with van der Waals surface area (Å²) in [6.45, 7) is 7.35. The Hall–Kier alpha value is -2.41. The highest BCUT2D eigenvalue weighted by molar-refractivity contribution is 9.10. The minimum Gasteiger partial charge on any atom is -0.484 e. The van der Waals surface area contributed by atoms with E-state index in [0.29, 0.717) is 5.75 Å². The molecule has 0 bridgehead atoms. The molecule has 0 fully saturated rings. The fraction of sp³-hybridized carbons (Fsp3) is 0.364. The SMILES string of the molecule is CC(C(=O)NC(C)(C)C)N(Cc1ccc(Br)cc1)C(=O)COc1ccc(F)cc1. The average Bonchev–Trinajstić information content (AvgIpc) is 2.65. The maximum Gasteiger partial charge on any atom is 0.261 e. The zero-order chi connectivity index (χ0) is 21.6. The Bertz CT molecular complexity index is 833. The summed E-state index contributed by atoms with van der Waals surface area (Å²) in [7, 11) is 0. The third-order valence-electron chi connectivity index (χ3n) is 4.11. The fourth-order valence-electron chi connectivity index (χ4n) is 2.60. The van der Waals surface area contributed by atoms with Gasteiger partial charge in [0.15, 0.2) is 6.61 Å². The largest absolute Gasteiger partial charge is 0.484 e. The number of nitrogens with one attached hydrogen (secondary N) is 1. The van der Waals surface area contributed by atoms with Crippen LogP contribution in [0.4, 0.5) is 4.39 Å². The van der Waals surface area contributed by atoms with Gasteiger partial charge in [-0.2, -0.15) is 0 Å². The van der Waals surface area contributed by atoms with E-state index in [9.17, 15) is 14.0 Å². The van der Waals surface area contributed by atoms with Crippen LogP contribution in [0.15, 0.2) is 53.0 Å². The second-order valence-corrected chi connectivity index (χ2v) is 8.72. The molecule has 0 aliphatic carbocycles. The molecule has 2 amide bonds. The van der Waals surface area contributed by atoms with Crippen LogP contribution in [0.2, 0.25) is 0 Å². The van der Waals surface area contributed by atoms with Gasteiger partial charge < -0.3 is 15.0 Å². The molecule has 0 saturated carbocycles. The Morgan fingerprint density at radius 2 is 1.69 bits per heavy atom. The maximum atomic E-state index is 13.0. The second-order valence-electron chi connectivity index (χ2n) is 7.81. The minimum atomic E-state index is -0.692. The molecule has 0 aromatic heterocycles. The molecule has 0 heterocycles. The first-order valence-electron chi connectivity index (χ1n) is 9.29. The number of ether oxygens (including phenoxy) is 1. The van der Waals surface area contributed by atoms with Gasteiger partial charge in [-0.25, -0.2) is 4.39 Å². The molecule has 0 radical (unpaired) electrons. The normalized spacial score (nSPS) is 12.2. The first kappa shape index (κ1) is 22.9. The van der Waals surface area contributed by atoms with E-state index < -0.39 is 11.6 Å². The molecule has 5 nitrogen and oxygen atoms in total. The summed E-state index contributed by atoms with van der Waals surface area (Å²) in [6, 6.07) is 12.3. The van der Waals surface area contributed by atoms with Crippen LogP contribution in [0.25, 0.3) is 0 Å². The molecule has 0 spiro atoms. The zero-order valence-corrected chi connectivity index (χ0v) is 18.6. The highest BCUT2D eigenvalue weighted by atomic mass is 79.9. The van der Waals surface area contributed by atoms with Crippen LogP contribution in [0.5, 0.6) is 5.75 Å². The van der Waals surface area contributed by atoms with Gasteiger partial charge in [-0.05, 0) is 69.7 Å². The van der Waals surface area contributed by atoms with Gasteiger partial charge >= 0.3 is 0 Å². The Kier molecular flexibility index (Phi) is 7.79. The van der Waals surface area contributed by atoms with E-state index >= 15 is 0 Å². The summed E-state index contributed by atoms with van der Waals surface area (Å²) in [5.41, 5.74) is 0.473. The lowest BCUT2D eigenvalue weighted by molar-refractivity contribution is -0.142. The van der Waals surface area contributed by atoms with Crippen LogP contribution >= 0.6 is 15.9 Å². The number of carbonyl (C=O) groups excluding carboxylic acids is 2. The molecular weight excluding hydrogens is 439 g/mol. The third kappa shape index (κ3) is 7.49. The molecule has 156 valence electrons. The standard InChI is InChI=1S/C22H26BrFN2O3/c1-15(21(28)25-22(2,3)4)26(13-16-5-7-17(23)8-6-16)20(27)14-29-19-11-9-18(24)10-12-19/h5-12,15H,13-14H2,1-4H3,(H,25,28). The third-order valence-corrected chi connectivity index (χ3v) is 4.64. The number of rotatable bonds is 7. The smallest absolute Gasteiger partial charge is 0.261 e. The Morgan fingerprint density at radius 1 is 1.10 bits per heavy atom. The van der Waals surface area contributed by atoms with E-state index in [0.717, 1.165) is 10.0 Å². The van der Waals surface area contributed by atoms with E-state index in [1.165, 1.54) is 29.2 Å². The van der Waals surface area contributed by atoms with Crippen molar-refractivity contribution < 1.29 is 18.7 Å². The van der Waals surface area contributed by atoms with Crippen molar-refractivity contribution in [2.75, 3.05) is 6.61 Å². The summed E-state index contributed by atoms with van der Waals surface area (Å²) < 4.78 is 19.5. The van der Waals surface area contributed by atoms with Crippen molar-refractivity contribution in [1.82, 2.24) is 10.2 Å². The average molecular weight is 465 g/mol. The number of carbonyl (C=O) groups is 2. The lowest BCUT2D eigenvalue weighted by atomic mass is 10.1. The highest BCUT2D eigenvalue weighted by Crippen LogP contribution is 2.16. The first-order valence-corrected chi connectivity index (χ1v) is 10.1. The molecule has 0 aliphatic rings. The van der Waals surface area contributed by atoms with Gasteiger partial charge in [0.25, 0.3) is 5.91 Å². The zero-order valence-electron chi connectivity index (χ0n) is 17.0. The molecule has 1 N–H and O–H groups in total. The predicted molar refractivity (Wildman–Crippen MR) is 114 cm³/mol. The fourth-order valence-corrected chi connectivity index (χ4v) is 2.87. The monoisotopic (exact) mass is 464 g/mol. The van der Waals surface area contributed by atoms with Crippen molar-refractivity contribution in [2.45, 2.75) is 45.8 Å². The summed E-state index contributed by atoms with van der Waals surface area (Å²) >= 11 is 3.39. The molecule has 2 rings (SSSR count).